The molecule has 0 saturated carbocycles. The summed E-state index contributed by atoms with van der Waals surface area (Å²) in [6.45, 7) is 1.75. The molecule has 1 amide bonds. The molecule has 2 aromatic rings. The summed E-state index contributed by atoms with van der Waals surface area (Å²) in [6.07, 6.45) is 1.55. The molecule has 1 aromatic heterocycles. The molecule has 0 aliphatic carbocycles. The van der Waals surface area contributed by atoms with Gasteiger partial charge in [-0.15, -0.1) is 0 Å². The summed E-state index contributed by atoms with van der Waals surface area (Å²) in [7, 11) is 0. The number of hydrogen-bond donors (Lipinski definition) is 0. The quantitative estimate of drug-likeness (QED) is 0.789. The van der Waals surface area contributed by atoms with Crippen molar-refractivity contribution in [3.63, 3.8) is 0 Å². The van der Waals surface area contributed by atoms with Crippen molar-refractivity contribution < 1.29 is 14.0 Å². The third-order valence-corrected chi connectivity index (χ3v) is 4.03. The van der Waals surface area contributed by atoms with Gasteiger partial charge in [-0.1, -0.05) is 15.9 Å². The van der Waals surface area contributed by atoms with Gasteiger partial charge >= 0.3 is 0 Å². The number of carbonyl (C=O) groups is 2. The van der Waals surface area contributed by atoms with Crippen molar-refractivity contribution in [1.29, 1.82) is 0 Å². The molecule has 2 heterocycles. The minimum absolute atomic E-state index is 0.197. The summed E-state index contributed by atoms with van der Waals surface area (Å²) in [5.41, 5.74) is 0.858. The summed E-state index contributed by atoms with van der Waals surface area (Å²) < 4.78 is 6.30. The number of carbonyl (C=O) groups excluding carboxylic acids is 2. The number of hydrazone groups is 1. The third kappa shape index (κ3) is 2.74. The molecular formula is C16H13BrN2O3. The van der Waals surface area contributed by atoms with Crippen LogP contribution in [-0.2, 0) is 4.79 Å². The highest BCUT2D eigenvalue weighted by Gasteiger charge is 2.36. The first-order valence-electron chi connectivity index (χ1n) is 6.76. The summed E-state index contributed by atoms with van der Waals surface area (Å²) in [5, 5.41) is 5.51. The molecule has 0 bridgehead atoms. The van der Waals surface area contributed by atoms with Crippen LogP contribution in [0.2, 0.25) is 0 Å². The minimum Gasteiger partial charge on any atom is -0.469 e. The van der Waals surface area contributed by atoms with Crippen molar-refractivity contribution in [2.45, 2.75) is 12.8 Å². The fourth-order valence-electron chi connectivity index (χ4n) is 2.37. The Hall–Kier alpha value is -2.21. The maximum atomic E-state index is 12.7. The van der Waals surface area contributed by atoms with Gasteiger partial charge in [-0.2, -0.15) is 5.10 Å². The van der Waals surface area contributed by atoms with Crippen molar-refractivity contribution in [1.82, 2.24) is 5.01 Å². The molecule has 0 fully saturated rings. The first kappa shape index (κ1) is 14.7. The second kappa shape index (κ2) is 5.88. The Bertz CT molecular complexity index is 735. The van der Waals surface area contributed by atoms with Crippen molar-refractivity contribution in [3.05, 3.63) is 58.5 Å². The van der Waals surface area contributed by atoms with Crippen molar-refractivity contribution >= 4 is 33.3 Å². The topological polar surface area (TPSA) is 62.9 Å². The van der Waals surface area contributed by atoms with Crippen LogP contribution < -0.4 is 0 Å². The smallest absolute Gasteiger partial charge is 0.239 e. The first-order valence-corrected chi connectivity index (χ1v) is 7.56. The maximum Gasteiger partial charge on any atom is 0.239 e. The van der Waals surface area contributed by atoms with Gasteiger partial charge in [0.05, 0.1) is 18.7 Å². The number of rotatable bonds is 3. The molecule has 0 radical (unpaired) electrons. The van der Waals surface area contributed by atoms with Gasteiger partial charge in [-0.25, -0.2) is 5.01 Å². The number of furan rings is 1. The van der Waals surface area contributed by atoms with Crippen LogP contribution in [-0.4, -0.2) is 29.0 Å². The number of amides is 1. The van der Waals surface area contributed by atoms with Crippen LogP contribution in [0.4, 0.5) is 0 Å². The average molecular weight is 361 g/mol. The normalized spacial score (nSPS) is 17.5. The van der Waals surface area contributed by atoms with Gasteiger partial charge in [0.15, 0.2) is 0 Å². The van der Waals surface area contributed by atoms with Gasteiger partial charge in [-0.3, -0.25) is 9.59 Å². The van der Waals surface area contributed by atoms with Gasteiger partial charge in [0.25, 0.3) is 0 Å². The van der Waals surface area contributed by atoms with E-state index in [0.29, 0.717) is 23.6 Å². The lowest BCUT2D eigenvalue weighted by atomic mass is 9.94. The largest absolute Gasteiger partial charge is 0.469 e. The van der Waals surface area contributed by atoms with Crippen LogP contribution in [0.3, 0.4) is 0 Å². The fraction of sp³-hybridized carbons (Fsp3) is 0.188. The molecule has 1 aliphatic heterocycles. The summed E-state index contributed by atoms with van der Waals surface area (Å²) in [6, 6.07) is 10.6. The lowest BCUT2D eigenvalue weighted by Crippen LogP contribution is -2.24. The van der Waals surface area contributed by atoms with Crippen LogP contribution in [0.1, 0.15) is 29.0 Å². The zero-order chi connectivity index (χ0) is 15.7. The molecule has 6 heteroatoms. The molecule has 1 aliphatic rings. The Kier molecular flexibility index (Phi) is 3.94. The van der Waals surface area contributed by atoms with E-state index >= 15 is 0 Å². The number of benzene rings is 1. The van der Waals surface area contributed by atoms with Crippen LogP contribution in [0.15, 0.2) is 56.7 Å². The molecule has 0 saturated heterocycles. The van der Waals surface area contributed by atoms with Gasteiger partial charge in [0, 0.05) is 17.0 Å². The van der Waals surface area contributed by atoms with E-state index in [1.807, 2.05) is 0 Å². The van der Waals surface area contributed by atoms with Gasteiger partial charge in [0.2, 0.25) is 11.7 Å². The first-order chi connectivity index (χ1) is 10.6. The number of hydrogen-bond acceptors (Lipinski definition) is 4. The summed E-state index contributed by atoms with van der Waals surface area (Å²) in [4.78, 5) is 24.3. The third-order valence-electron chi connectivity index (χ3n) is 3.50. The Morgan fingerprint density at radius 3 is 2.59 bits per heavy atom. The number of ketones is 1. The maximum absolute atomic E-state index is 12.7. The van der Waals surface area contributed by atoms with Crippen LogP contribution >= 0.6 is 15.9 Å². The van der Waals surface area contributed by atoms with Crippen molar-refractivity contribution in [2.75, 3.05) is 6.54 Å². The Labute approximate surface area is 135 Å². The van der Waals surface area contributed by atoms with Gasteiger partial charge < -0.3 is 4.42 Å². The predicted octanol–water partition coefficient (Wildman–Crippen LogP) is 3.23. The monoisotopic (exact) mass is 360 g/mol. The lowest BCUT2D eigenvalue weighted by Gasteiger charge is -2.10. The highest BCUT2D eigenvalue weighted by Crippen LogP contribution is 2.27. The summed E-state index contributed by atoms with van der Waals surface area (Å²) >= 11 is 3.34. The molecule has 5 nitrogen and oxygen atoms in total. The summed E-state index contributed by atoms with van der Waals surface area (Å²) in [5.74, 6) is -0.101. The molecular weight excluding hydrogens is 348 g/mol. The van der Waals surface area contributed by atoms with E-state index in [-0.39, 0.29) is 17.6 Å². The number of halogens is 1. The fourth-order valence-corrected chi connectivity index (χ4v) is 2.63. The molecule has 22 heavy (non-hydrogen) atoms. The average Bonchev–Trinajstić information content (AvgIpc) is 3.16. The second-order valence-corrected chi connectivity index (χ2v) is 5.91. The molecule has 1 atom stereocenters. The van der Waals surface area contributed by atoms with Crippen LogP contribution in [0.5, 0.6) is 0 Å². The van der Waals surface area contributed by atoms with Crippen LogP contribution in [0, 0.1) is 0 Å². The molecule has 1 aromatic carbocycles. The highest BCUT2D eigenvalue weighted by atomic mass is 79.9. The van der Waals surface area contributed by atoms with Gasteiger partial charge in [0.1, 0.15) is 11.5 Å². The Morgan fingerprint density at radius 1 is 1.27 bits per heavy atom. The van der Waals surface area contributed by atoms with E-state index in [4.69, 9.17) is 4.42 Å². The molecule has 112 valence electrons. The van der Waals surface area contributed by atoms with Crippen molar-refractivity contribution in [2.24, 2.45) is 5.10 Å². The zero-order valence-electron chi connectivity index (χ0n) is 11.8. The molecule has 0 N–H and O–H groups in total. The van der Waals surface area contributed by atoms with E-state index in [2.05, 4.69) is 21.0 Å². The molecule has 1 unspecified atom stereocenters. The van der Waals surface area contributed by atoms with E-state index < -0.39 is 0 Å². The SMILES string of the molecule is CC(=O)N1CC(c2ccco2)C(C(=O)c2ccc(Br)cc2)=N1. The van der Waals surface area contributed by atoms with Gasteiger partial charge in [-0.05, 0) is 36.4 Å². The number of Topliss-reactive ketones (excluding diaryl/α,β-unsaturated/α-hetero) is 1. The Balaban J connectivity index is 1.96. The predicted molar refractivity (Wildman–Crippen MR) is 84.7 cm³/mol. The standard InChI is InChI=1S/C16H13BrN2O3/c1-10(20)19-9-13(14-3-2-8-22-14)15(18-19)16(21)11-4-6-12(17)7-5-11/h2-8,13H,9H2,1H3. The van der Waals surface area contributed by atoms with E-state index in [0.717, 1.165) is 4.47 Å². The molecule has 0 spiro atoms. The van der Waals surface area contributed by atoms with Crippen molar-refractivity contribution in [3.8, 4) is 0 Å². The second-order valence-electron chi connectivity index (χ2n) is 4.99. The van der Waals surface area contributed by atoms with E-state index in [1.165, 1.54) is 11.9 Å². The Morgan fingerprint density at radius 2 is 2.00 bits per heavy atom. The highest BCUT2D eigenvalue weighted by molar-refractivity contribution is 9.10. The zero-order valence-corrected chi connectivity index (χ0v) is 13.4. The molecule has 3 rings (SSSR count). The lowest BCUT2D eigenvalue weighted by molar-refractivity contribution is -0.128. The van der Waals surface area contributed by atoms with E-state index in [1.54, 1.807) is 42.7 Å². The van der Waals surface area contributed by atoms with E-state index in [9.17, 15) is 9.59 Å². The number of nitrogens with zero attached hydrogens (tertiary/aromatic N) is 2. The van der Waals surface area contributed by atoms with Crippen LogP contribution in [0.25, 0.3) is 0 Å². The minimum atomic E-state index is -0.338.